The Balaban J connectivity index is 2.56. The fraction of sp³-hybridized carbons (Fsp3) is 0.375. The van der Waals surface area contributed by atoms with Crippen molar-refractivity contribution >= 4 is 23.5 Å². The molecule has 0 radical (unpaired) electrons. The van der Waals surface area contributed by atoms with Crippen molar-refractivity contribution in [2.75, 3.05) is 19.7 Å². The number of hydrogen-bond acceptors (Lipinski definition) is 3. The molecule has 0 aromatic heterocycles. The lowest BCUT2D eigenvalue weighted by atomic mass is 10.1. The van der Waals surface area contributed by atoms with E-state index in [0.29, 0.717) is 13.1 Å². The van der Waals surface area contributed by atoms with Crippen molar-refractivity contribution < 1.29 is 18.7 Å². The highest BCUT2D eigenvalue weighted by atomic mass is 35.5. The first-order valence-electron chi connectivity index (χ1n) is 6.85. The molecule has 0 saturated heterocycles. The van der Waals surface area contributed by atoms with Crippen LogP contribution < -0.4 is 0 Å². The van der Waals surface area contributed by atoms with Crippen LogP contribution in [0.15, 0.2) is 30.4 Å². The molecule has 1 aromatic carbocycles. The van der Waals surface area contributed by atoms with Crippen molar-refractivity contribution in [1.29, 1.82) is 0 Å². The number of carbonyl (C=O) groups excluding carboxylic acids is 2. The molecule has 0 fully saturated rings. The maximum absolute atomic E-state index is 13.6. The number of halogens is 2. The highest BCUT2D eigenvalue weighted by Gasteiger charge is 2.16. The van der Waals surface area contributed by atoms with E-state index in [2.05, 4.69) is 6.58 Å². The minimum atomic E-state index is -0.702. The Morgan fingerprint density at radius 1 is 1.41 bits per heavy atom. The molecule has 0 aliphatic heterocycles. The van der Waals surface area contributed by atoms with Crippen molar-refractivity contribution in [3.8, 4) is 0 Å². The third-order valence-electron chi connectivity index (χ3n) is 2.93. The molecule has 0 atom stereocenters. The van der Waals surface area contributed by atoms with Crippen molar-refractivity contribution in [2.24, 2.45) is 0 Å². The molecule has 22 heavy (non-hydrogen) atoms. The summed E-state index contributed by atoms with van der Waals surface area (Å²) in [6.45, 7) is 7.88. The molecule has 0 saturated carbocycles. The summed E-state index contributed by atoms with van der Waals surface area (Å²) in [5.41, 5.74) is 0.899. The van der Waals surface area contributed by atoms with Gasteiger partial charge < -0.3 is 9.64 Å². The SMILES string of the molecule is C=C(C)CN(CC)C(=O)COC(=O)Cc1c(F)cccc1Cl. The number of esters is 1. The predicted octanol–water partition coefficient (Wildman–Crippen LogP) is 2.99. The molecular formula is C16H19ClFNO3. The zero-order chi connectivity index (χ0) is 16.7. The van der Waals surface area contributed by atoms with Crippen LogP contribution in [0.1, 0.15) is 19.4 Å². The van der Waals surface area contributed by atoms with Crippen LogP contribution in [0.5, 0.6) is 0 Å². The van der Waals surface area contributed by atoms with Crippen molar-refractivity contribution in [1.82, 2.24) is 4.90 Å². The number of amides is 1. The molecule has 0 N–H and O–H groups in total. The molecule has 4 nitrogen and oxygen atoms in total. The monoisotopic (exact) mass is 327 g/mol. The summed E-state index contributed by atoms with van der Waals surface area (Å²) in [5, 5.41) is 0.153. The molecule has 0 bridgehead atoms. The summed E-state index contributed by atoms with van der Waals surface area (Å²) in [6, 6.07) is 4.15. The van der Waals surface area contributed by atoms with Gasteiger partial charge in [0.15, 0.2) is 6.61 Å². The smallest absolute Gasteiger partial charge is 0.310 e. The Labute approximate surface area is 134 Å². The van der Waals surface area contributed by atoms with Crippen LogP contribution in [0.2, 0.25) is 5.02 Å². The molecule has 6 heteroatoms. The summed E-state index contributed by atoms with van der Waals surface area (Å²) in [4.78, 5) is 25.1. The Morgan fingerprint density at radius 3 is 2.64 bits per heavy atom. The summed E-state index contributed by atoms with van der Waals surface area (Å²) < 4.78 is 18.5. The molecule has 0 spiro atoms. The Bertz CT molecular complexity index is 554. The topological polar surface area (TPSA) is 46.6 Å². The van der Waals surface area contributed by atoms with Gasteiger partial charge in [-0.3, -0.25) is 9.59 Å². The van der Waals surface area contributed by atoms with Gasteiger partial charge in [-0.15, -0.1) is 0 Å². The van der Waals surface area contributed by atoms with E-state index in [1.165, 1.54) is 23.1 Å². The van der Waals surface area contributed by atoms with Gasteiger partial charge in [0.1, 0.15) is 5.82 Å². The molecule has 1 rings (SSSR count). The number of rotatable bonds is 7. The van der Waals surface area contributed by atoms with Crippen LogP contribution in [-0.4, -0.2) is 36.5 Å². The van der Waals surface area contributed by atoms with Gasteiger partial charge in [0.25, 0.3) is 5.91 Å². The lowest BCUT2D eigenvalue weighted by Crippen LogP contribution is -2.35. The normalized spacial score (nSPS) is 10.2. The van der Waals surface area contributed by atoms with Crippen molar-refractivity contribution in [3.63, 3.8) is 0 Å². The first kappa shape index (κ1) is 18.2. The van der Waals surface area contributed by atoms with Crippen molar-refractivity contribution in [2.45, 2.75) is 20.3 Å². The number of benzene rings is 1. The summed E-state index contributed by atoms with van der Waals surface area (Å²) in [7, 11) is 0. The van der Waals surface area contributed by atoms with Gasteiger partial charge in [0, 0.05) is 23.7 Å². The molecule has 0 unspecified atom stereocenters. The van der Waals surface area contributed by atoms with Crippen LogP contribution in [0.25, 0.3) is 0 Å². The molecule has 1 amide bonds. The summed E-state index contributed by atoms with van der Waals surface area (Å²) >= 11 is 5.83. The van der Waals surface area contributed by atoms with Gasteiger partial charge in [-0.05, 0) is 26.0 Å². The second-order valence-electron chi connectivity index (χ2n) is 4.90. The average Bonchev–Trinajstić information content (AvgIpc) is 2.46. The largest absolute Gasteiger partial charge is 0.455 e. The predicted molar refractivity (Wildman–Crippen MR) is 83.1 cm³/mol. The lowest BCUT2D eigenvalue weighted by molar-refractivity contribution is -0.151. The number of carbonyl (C=O) groups is 2. The Hall–Kier alpha value is -1.88. The zero-order valence-corrected chi connectivity index (χ0v) is 13.5. The Kier molecular flexibility index (Phi) is 7.05. The highest BCUT2D eigenvalue weighted by molar-refractivity contribution is 6.31. The van der Waals surface area contributed by atoms with E-state index in [4.69, 9.17) is 16.3 Å². The number of nitrogens with zero attached hydrogens (tertiary/aromatic N) is 1. The number of ether oxygens (including phenoxy) is 1. The first-order valence-corrected chi connectivity index (χ1v) is 7.23. The van der Waals surface area contributed by atoms with E-state index < -0.39 is 11.8 Å². The molecule has 0 aliphatic rings. The second-order valence-corrected chi connectivity index (χ2v) is 5.31. The van der Waals surface area contributed by atoms with Gasteiger partial charge >= 0.3 is 5.97 Å². The van der Waals surface area contributed by atoms with E-state index in [9.17, 15) is 14.0 Å². The van der Waals surface area contributed by atoms with Gasteiger partial charge in [-0.2, -0.15) is 0 Å². The van der Waals surface area contributed by atoms with E-state index >= 15 is 0 Å². The van der Waals surface area contributed by atoms with Gasteiger partial charge in [-0.1, -0.05) is 29.8 Å². The standard InChI is InChI=1S/C16H19ClFNO3/c1-4-19(9-11(2)3)15(20)10-22-16(21)8-12-13(17)6-5-7-14(12)18/h5-7H,2,4,8-10H2,1,3H3. The third-order valence-corrected chi connectivity index (χ3v) is 3.29. The maximum Gasteiger partial charge on any atom is 0.310 e. The van der Waals surface area contributed by atoms with Gasteiger partial charge in [0.2, 0.25) is 0 Å². The summed E-state index contributed by atoms with van der Waals surface area (Å²) in [6.07, 6.45) is -0.314. The minimum Gasteiger partial charge on any atom is -0.455 e. The molecular weight excluding hydrogens is 309 g/mol. The zero-order valence-electron chi connectivity index (χ0n) is 12.7. The van der Waals surface area contributed by atoms with E-state index in [-0.39, 0.29) is 29.5 Å². The number of likely N-dealkylation sites (N-methyl/N-ethyl adjacent to an activating group) is 1. The van der Waals surface area contributed by atoms with E-state index in [0.717, 1.165) is 5.57 Å². The fourth-order valence-electron chi connectivity index (χ4n) is 1.83. The van der Waals surface area contributed by atoms with Gasteiger partial charge in [-0.25, -0.2) is 4.39 Å². The maximum atomic E-state index is 13.6. The average molecular weight is 328 g/mol. The second kappa shape index (κ2) is 8.54. The highest BCUT2D eigenvalue weighted by Crippen LogP contribution is 2.19. The van der Waals surface area contributed by atoms with Crippen LogP contribution in [0, 0.1) is 5.82 Å². The van der Waals surface area contributed by atoms with E-state index in [1.54, 1.807) is 0 Å². The molecule has 0 heterocycles. The fourth-order valence-corrected chi connectivity index (χ4v) is 2.06. The van der Waals surface area contributed by atoms with Crippen LogP contribution >= 0.6 is 11.6 Å². The van der Waals surface area contributed by atoms with Crippen LogP contribution in [0.3, 0.4) is 0 Å². The third kappa shape index (κ3) is 5.48. The minimum absolute atomic E-state index is 0.0656. The molecule has 0 aliphatic carbocycles. The van der Waals surface area contributed by atoms with Gasteiger partial charge in [0.05, 0.1) is 6.42 Å². The van der Waals surface area contributed by atoms with Crippen molar-refractivity contribution in [3.05, 3.63) is 46.8 Å². The van der Waals surface area contributed by atoms with Crippen LogP contribution in [-0.2, 0) is 20.7 Å². The first-order chi connectivity index (χ1) is 10.3. The molecule has 1 aromatic rings. The van der Waals surface area contributed by atoms with Crippen LogP contribution in [0.4, 0.5) is 4.39 Å². The van der Waals surface area contributed by atoms with E-state index in [1.807, 2.05) is 13.8 Å². The molecule has 120 valence electrons. The quantitative estimate of drug-likeness (QED) is 0.571. The number of hydrogen-bond donors (Lipinski definition) is 0. The lowest BCUT2D eigenvalue weighted by Gasteiger charge is -2.20. The summed E-state index contributed by atoms with van der Waals surface area (Å²) in [5.74, 6) is -1.60. The Morgan fingerprint density at radius 2 is 2.09 bits per heavy atom.